The molecular weight excluding hydrogens is 300 g/mol. The van der Waals surface area contributed by atoms with Crippen molar-refractivity contribution in [3.05, 3.63) is 21.9 Å². The smallest absolute Gasteiger partial charge is 0.317 e. The van der Waals surface area contributed by atoms with Crippen LogP contribution in [0.1, 0.15) is 29.0 Å². The van der Waals surface area contributed by atoms with E-state index in [0.717, 1.165) is 37.2 Å². The average Bonchev–Trinajstić information content (AvgIpc) is 2.72. The normalized spacial score (nSPS) is 19.2. The van der Waals surface area contributed by atoms with Gasteiger partial charge in [0.05, 0.1) is 13.0 Å². The fourth-order valence-electron chi connectivity index (χ4n) is 2.95. The molecule has 1 N–H and O–H groups in total. The topological polar surface area (TPSA) is 60.9 Å². The maximum Gasteiger partial charge on any atom is 0.317 e. The zero-order valence-corrected chi connectivity index (χ0v) is 14.1. The Morgan fingerprint density at radius 1 is 1.36 bits per heavy atom. The number of nitrogens with zero attached hydrogens (tertiary/aromatic N) is 2. The van der Waals surface area contributed by atoms with E-state index in [1.165, 1.54) is 4.88 Å². The molecule has 2 rings (SSSR count). The number of likely N-dealkylation sites (N-methyl/N-ethyl adjacent to an activating group) is 1. The Balaban J connectivity index is 1.86. The lowest BCUT2D eigenvalue weighted by Crippen LogP contribution is -2.37. The standard InChI is InChI=1S/C16H24N2O3S/c1-12-5-6-14(22-12)10-15(19)18-8-3-4-13(7-9-18)17(2)11-16(20)21/h5-6,13H,3-4,7-11H2,1-2H3,(H,20,21). The molecule has 0 aromatic carbocycles. The summed E-state index contributed by atoms with van der Waals surface area (Å²) in [7, 11) is 1.85. The van der Waals surface area contributed by atoms with E-state index in [2.05, 4.69) is 0 Å². The summed E-state index contributed by atoms with van der Waals surface area (Å²) < 4.78 is 0. The molecule has 0 aliphatic carbocycles. The van der Waals surface area contributed by atoms with Crippen LogP contribution in [0.15, 0.2) is 12.1 Å². The van der Waals surface area contributed by atoms with Gasteiger partial charge in [-0.2, -0.15) is 0 Å². The Kier molecular flexibility index (Phi) is 5.97. The van der Waals surface area contributed by atoms with Crippen molar-refractivity contribution in [2.75, 3.05) is 26.7 Å². The second kappa shape index (κ2) is 7.74. The summed E-state index contributed by atoms with van der Waals surface area (Å²) in [6, 6.07) is 4.32. The van der Waals surface area contributed by atoms with Crippen molar-refractivity contribution in [1.82, 2.24) is 9.80 Å². The molecule has 0 radical (unpaired) electrons. The number of amides is 1. The van der Waals surface area contributed by atoms with Crippen LogP contribution in [0.2, 0.25) is 0 Å². The van der Waals surface area contributed by atoms with Gasteiger partial charge in [0, 0.05) is 28.9 Å². The molecule has 0 bridgehead atoms. The van der Waals surface area contributed by atoms with Crippen molar-refractivity contribution in [2.24, 2.45) is 0 Å². The zero-order chi connectivity index (χ0) is 16.1. The second-order valence-electron chi connectivity index (χ2n) is 5.96. The number of carbonyl (C=O) groups is 2. The van der Waals surface area contributed by atoms with Gasteiger partial charge in [0.1, 0.15) is 0 Å². The van der Waals surface area contributed by atoms with E-state index in [-0.39, 0.29) is 18.5 Å². The number of aryl methyl sites for hydroxylation is 1. The zero-order valence-electron chi connectivity index (χ0n) is 13.2. The molecule has 22 heavy (non-hydrogen) atoms. The van der Waals surface area contributed by atoms with Crippen LogP contribution in [0.4, 0.5) is 0 Å². The fraction of sp³-hybridized carbons (Fsp3) is 0.625. The molecule has 1 aliphatic rings. The van der Waals surface area contributed by atoms with Crippen LogP contribution in [0.3, 0.4) is 0 Å². The van der Waals surface area contributed by atoms with Gasteiger partial charge in [0.2, 0.25) is 5.91 Å². The van der Waals surface area contributed by atoms with Crippen LogP contribution >= 0.6 is 11.3 Å². The Morgan fingerprint density at radius 2 is 2.14 bits per heavy atom. The first-order valence-corrected chi connectivity index (χ1v) is 8.52. The number of rotatable bonds is 5. The summed E-state index contributed by atoms with van der Waals surface area (Å²) >= 11 is 1.68. The third kappa shape index (κ3) is 4.81. The highest BCUT2D eigenvalue weighted by Crippen LogP contribution is 2.19. The molecule has 6 heteroatoms. The van der Waals surface area contributed by atoms with E-state index in [1.807, 2.05) is 35.9 Å². The van der Waals surface area contributed by atoms with Crippen molar-refractivity contribution in [2.45, 2.75) is 38.6 Å². The quantitative estimate of drug-likeness (QED) is 0.900. The lowest BCUT2D eigenvalue weighted by Gasteiger charge is -2.25. The van der Waals surface area contributed by atoms with Crippen molar-refractivity contribution < 1.29 is 14.7 Å². The van der Waals surface area contributed by atoms with Gasteiger partial charge < -0.3 is 10.0 Å². The molecule has 1 saturated heterocycles. The summed E-state index contributed by atoms with van der Waals surface area (Å²) in [5.41, 5.74) is 0. The van der Waals surface area contributed by atoms with Gasteiger partial charge in [-0.25, -0.2) is 0 Å². The Morgan fingerprint density at radius 3 is 2.77 bits per heavy atom. The molecule has 1 aromatic rings. The molecule has 0 saturated carbocycles. The second-order valence-corrected chi connectivity index (χ2v) is 7.34. The first-order valence-electron chi connectivity index (χ1n) is 7.71. The minimum absolute atomic E-state index is 0.0626. The predicted molar refractivity (Wildman–Crippen MR) is 87.2 cm³/mol. The fourth-order valence-corrected chi connectivity index (χ4v) is 3.83. The third-order valence-electron chi connectivity index (χ3n) is 4.18. The van der Waals surface area contributed by atoms with Gasteiger partial charge >= 0.3 is 5.97 Å². The summed E-state index contributed by atoms with van der Waals surface area (Å²) in [6.07, 6.45) is 3.21. The Labute approximate surface area is 135 Å². The maximum atomic E-state index is 12.4. The number of likely N-dealkylation sites (tertiary alicyclic amines) is 1. The molecule has 1 atom stereocenters. The molecule has 122 valence electrons. The molecule has 1 unspecified atom stereocenters. The van der Waals surface area contributed by atoms with Crippen LogP contribution < -0.4 is 0 Å². The molecule has 5 nitrogen and oxygen atoms in total. The highest BCUT2D eigenvalue weighted by atomic mass is 32.1. The SMILES string of the molecule is Cc1ccc(CC(=O)N2CCCC(N(C)CC(=O)O)CC2)s1. The molecular formula is C16H24N2O3S. The number of hydrogen-bond donors (Lipinski definition) is 1. The van der Waals surface area contributed by atoms with E-state index < -0.39 is 5.97 Å². The summed E-state index contributed by atoms with van der Waals surface area (Å²) in [4.78, 5) is 29.4. The molecule has 2 heterocycles. The molecule has 1 aliphatic heterocycles. The average molecular weight is 324 g/mol. The minimum atomic E-state index is -0.798. The monoisotopic (exact) mass is 324 g/mol. The van der Waals surface area contributed by atoms with E-state index in [4.69, 9.17) is 5.11 Å². The maximum absolute atomic E-state index is 12.4. The number of carboxylic acid groups (broad SMARTS) is 1. The van der Waals surface area contributed by atoms with E-state index in [0.29, 0.717) is 6.42 Å². The van der Waals surface area contributed by atoms with Crippen LogP contribution in [-0.2, 0) is 16.0 Å². The van der Waals surface area contributed by atoms with E-state index in [1.54, 1.807) is 11.3 Å². The van der Waals surface area contributed by atoms with Crippen molar-refractivity contribution in [3.63, 3.8) is 0 Å². The van der Waals surface area contributed by atoms with Crippen LogP contribution in [0.5, 0.6) is 0 Å². The van der Waals surface area contributed by atoms with Gasteiger partial charge in [-0.1, -0.05) is 0 Å². The van der Waals surface area contributed by atoms with Crippen molar-refractivity contribution >= 4 is 23.2 Å². The first kappa shape index (κ1) is 17.0. The molecule has 1 amide bonds. The largest absolute Gasteiger partial charge is 0.480 e. The van der Waals surface area contributed by atoms with Crippen LogP contribution in [0, 0.1) is 6.92 Å². The molecule has 1 aromatic heterocycles. The summed E-state index contributed by atoms with van der Waals surface area (Å²) in [6.45, 7) is 3.61. The van der Waals surface area contributed by atoms with E-state index in [9.17, 15) is 9.59 Å². The highest BCUT2D eigenvalue weighted by molar-refractivity contribution is 7.12. The Bertz CT molecular complexity index is 529. The highest BCUT2D eigenvalue weighted by Gasteiger charge is 2.24. The number of carbonyl (C=O) groups excluding carboxylic acids is 1. The third-order valence-corrected chi connectivity index (χ3v) is 5.18. The summed E-state index contributed by atoms with van der Waals surface area (Å²) in [5.74, 6) is -0.615. The minimum Gasteiger partial charge on any atom is -0.480 e. The summed E-state index contributed by atoms with van der Waals surface area (Å²) in [5, 5.41) is 8.89. The van der Waals surface area contributed by atoms with Gasteiger partial charge in [-0.15, -0.1) is 11.3 Å². The van der Waals surface area contributed by atoms with Gasteiger partial charge in [-0.3, -0.25) is 14.5 Å². The van der Waals surface area contributed by atoms with E-state index >= 15 is 0 Å². The van der Waals surface area contributed by atoms with Gasteiger partial charge in [-0.05, 0) is 45.4 Å². The first-order chi connectivity index (χ1) is 10.5. The molecule has 0 spiro atoms. The van der Waals surface area contributed by atoms with Crippen LogP contribution in [-0.4, -0.2) is 59.5 Å². The van der Waals surface area contributed by atoms with Crippen molar-refractivity contribution in [3.8, 4) is 0 Å². The van der Waals surface area contributed by atoms with Crippen LogP contribution in [0.25, 0.3) is 0 Å². The van der Waals surface area contributed by atoms with Crippen molar-refractivity contribution in [1.29, 1.82) is 0 Å². The lowest BCUT2D eigenvalue weighted by atomic mass is 10.1. The Hall–Kier alpha value is -1.40. The lowest BCUT2D eigenvalue weighted by molar-refractivity contribution is -0.138. The number of hydrogen-bond acceptors (Lipinski definition) is 4. The molecule has 1 fully saturated rings. The van der Waals surface area contributed by atoms with Gasteiger partial charge in [0.25, 0.3) is 0 Å². The predicted octanol–water partition coefficient (Wildman–Crippen LogP) is 2.00. The van der Waals surface area contributed by atoms with Gasteiger partial charge in [0.15, 0.2) is 0 Å². The number of thiophene rings is 1. The number of carboxylic acids is 1. The number of aliphatic carboxylic acids is 1.